The van der Waals surface area contributed by atoms with Gasteiger partial charge in [-0.15, -0.1) is 0 Å². The van der Waals surface area contributed by atoms with Crippen LogP contribution in [0.15, 0.2) is 67.0 Å². The fourth-order valence-electron chi connectivity index (χ4n) is 4.45. The number of fused-ring (bicyclic) bond motifs is 1. The van der Waals surface area contributed by atoms with Crippen LogP contribution in [-0.2, 0) is 11.2 Å². The highest BCUT2D eigenvalue weighted by molar-refractivity contribution is 5.95. The number of pyridine rings is 1. The van der Waals surface area contributed by atoms with Crippen LogP contribution in [0.3, 0.4) is 0 Å². The van der Waals surface area contributed by atoms with Crippen molar-refractivity contribution in [2.75, 3.05) is 13.2 Å². The molecule has 4 rings (SSSR count). The molecule has 4 N–H and O–H groups in total. The molecule has 1 unspecified atom stereocenters. The number of ether oxygens (including phenoxy) is 1. The second-order valence-electron chi connectivity index (χ2n) is 10.0. The van der Waals surface area contributed by atoms with E-state index < -0.39 is 30.6 Å². The molecule has 2 aromatic carbocycles. The van der Waals surface area contributed by atoms with E-state index in [2.05, 4.69) is 16.7 Å². The van der Waals surface area contributed by atoms with Crippen LogP contribution in [0, 0.1) is 11.3 Å². The molecule has 10 nitrogen and oxygen atoms in total. The first-order valence-corrected chi connectivity index (χ1v) is 13.3. The number of hydrogen-bond acceptors (Lipinski definition) is 7. The Morgan fingerprint density at radius 2 is 1.88 bits per heavy atom. The quantitative estimate of drug-likeness (QED) is 0.222. The molecule has 0 aliphatic carbocycles. The zero-order chi connectivity index (χ0) is 29.5. The highest BCUT2D eigenvalue weighted by Crippen LogP contribution is 2.25. The molecule has 0 bridgehead atoms. The summed E-state index contributed by atoms with van der Waals surface area (Å²) in [5.74, 6) is -0.556. The second kappa shape index (κ2) is 13.1. The first-order valence-electron chi connectivity index (χ1n) is 13.3. The first-order chi connectivity index (χ1) is 19.7. The normalized spacial score (nSPS) is 12.5. The van der Waals surface area contributed by atoms with Crippen molar-refractivity contribution < 1.29 is 24.5 Å². The summed E-state index contributed by atoms with van der Waals surface area (Å²) >= 11 is 0. The molecule has 4 aromatic rings. The van der Waals surface area contributed by atoms with Crippen molar-refractivity contribution >= 4 is 17.5 Å². The van der Waals surface area contributed by atoms with Gasteiger partial charge in [0.15, 0.2) is 0 Å². The summed E-state index contributed by atoms with van der Waals surface area (Å²) < 4.78 is 7.52. The third-order valence-corrected chi connectivity index (χ3v) is 6.44. The van der Waals surface area contributed by atoms with E-state index in [0.29, 0.717) is 17.8 Å². The molecule has 2 aromatic heterocycles. The maximum atomic E-state index is 13.1. The predicted octanol–water partition coefficient (Wildman–Crippen LogP) is 3.16. The van der Waals surface area contributed by atoms with E-state index in [1.54, 1.807) is 19.1 Å². The summed E-state index contributed by atoms with van der Waals surface area (Å²) in [7, 11) is 0. The largest absolute Gasteiger partial charge is 0.490 e. The number of carbonyl (C=O) groups is 2. The Bertz CT molecular complexity index is 1570. The van der Waals surface area contributed by atoms with Crippen molar-refractivity contribution in [1.82, 2.24) is 20.0 Å². The molecule has 212 valence electrons. The second-order valence-corrected chi connectivity index (χ2v) is 10.0. The highest BCUT2D eigenvalue weighted by atomic mass is 16.5. The number of aliphatic hydroxyl groups excluding tert-OH is 2. The summed E-state index contributed by atoms with van der Waals surface area (Å²) in [5.41, 5.74) is 4.51. The number of nitriles is 1. The van der Waals surface area contributed by atoms with Gasteiger partial charge in [-0.05, 0) is 57.0 Å². The van der Waals surface area contributed by atoms with Gasteiger partial charge in [0.25, 0.3) is 5.91 Å². The summed E-state index contributed by atoms with van der Waals surface area (Å²) in [5, 5.41) is 34.3. The maximum Gasteiger partial charge on any atom is 0.251 e. The molecule has 2 heterocycles. The van der Waals surface area contributed by atoms with Crippen molar-refractivity contribution in [3.63, 3.8) is 0 Å². The average Bonchev–Trinajstić information content (AvgIpc) is 3.40. The van der Waals surface area contributed by atoms with E-state index in [0.717, 1.165) is 22.4 Å². The molecule has 0 aliphatic rings. The van der Waals surface area contributed by atoms with Gasteiger partial charge in [-0.2, -0.15) is 5.26 Å². The van der Waals surface area contributed by atoms with E-state index in [4.69, 9.17) is 14.8 Å². The lowest BCUT2D eigenvalue weighted by molar-refractivity contribution is -0.123. The van der Waals surface area contributed by atoms with Gasteiger partial charge in [-0.1, -0.05) is 30.3 Å². The number of nitrogens with zero attached hydrogens (tertiary/aromatic N) is 3. The van der Waals surface area contributed by atoms with E-state index in [9.17, 15) is 20.0 Å². The lowest BCUT2D eigenvalue weighted by Gasteiger charge is -2.20. The number of hydrogen-bond donors (Lipinski definition) is 4. The lowest BCUT2D eigenvalue weighted by atomic mass is 10.0. The number of rotatable bonds is 11. The monoisotopic (exact) mass is 555 g/mol. The van der Waals surface area contributed by atoms with Crippen molar-refractivity contribution in [3.05, 3.63) is 89.2 Å². The molecule has 0 fully saturated rings. The zero-order valence-corrected chi connectivity index (χ0v) is 23.2. The topological polar surface area (TPSA) is 149 Å². The molecule has 0 radical (unpaired) electrons. The van der Waals surface area contributed by atoms with Gasteiger partial charge < -0.3 is 30.0 Å². The highest BCUT2D eigenvalue weighted by Gasteiger charge is 2.18. The molecule has 0 saturated carbocycles. The Labute approximate surface area is 238 Å². The number of imidazole rings is 1. The van der Waals surface area contributed by atoms with Crippen molar-refractivity contribution in [2.45, 2.75) is 45.4 Å². The third kappa shape index (κ3) is 7.28. The van der Waals surface area contributed by atoms with E-state index >= 15 is 0 Å². The number of nitrogens with one attached hydrogen (secondary N) is 2. The number of aliphatic hydroxyl groups is 2. The van der Waals surface area contributed by atoms with Crippen LogP contribution in [0.5, 0.6) is 5.75 Å². The van der Waals surface area contributed by atoms with E-state index in [1.165, 1.54) is 6.07 Å². The fourth-order valence-corrected chi connectivity index (χ4v) is 4.45. The SMILES string of the molecule is CC(C)Oc1ccc(C(=O)N[C@H](CNC(=O)CO)Cc2ccc(-c3cn4cccc(C(C)O)c4n3)cc2)cc1C#N. The van der Waals surface area contributed by atoms with Gasteiger partial charge in [0.1, 0.15) is 24.1 Å². The number of carbonyl (C=O) groups excluding carboxylic acids is 2. The molecule has 0 spiro atoms. The molecule has 10 heteroatoms. The molecule has 2 atom stereocenters. The molecular formula is C31H33N5O5. The minimum Gasteiger partial charge on any atom is -0.490 e. The summed E-state index contributed by atoms with van der Waals surface area (Å²) in [6.45, 7) is 4.85. The summed E-state index contributed by atoms with van der Waals surface area (Å²) in [6, 6.07) is 17.6. The van der Waals surface area contributed by atoms with Crippen molar-refractivity contribution in [1.29, 1.82) is 5.26 Å². The maximum absolute atomic E-state index is 13.1. The van der Waals surface area contributed by atoms with Gasteiger partial charge in [-0.25, -0.2) is 4.98 Å². The van der Waals surface area contributed by atoms with Crippen LogP contribution in [0.1, 0.15) is 53.9 Å². The Morgan fingerprint density at radius 1 is 1.12 bits per heavy atom. The molecule has 41 heavy (non-hydrogen) atoms. The smallest absolute Gasteiger partial charge is 0.251 e. The van der Waals surface area contributed by atoms with Gasteiger partial charge in [0.2, 0.25) is 5.91 Å². The van der Waals surface area contributed by atoms with Crippen LogP contribution in [0.4, 0.5) is 0 Å². The van der Waals surface area contributed by atoms with E-state index in [1.807, 2.05) is 67.0 Å². The van der Waals surface area contributed by atoms with Crippen molar-refractivity contribution in [3.8, 4) is 23.1 Å². The summed E-state index contributed by atoms with van der Waals surface area (Å²) in [4.78, 5) is 29.5. The van der Waals surface area contributed by atoms with E-state index in [-0.39, 0.29) is 23.8 Å². The zero-order valence-electron chi connectivity index (χ0n) is 23.2. The van der Waals surface area contributed by atoms with Gasteiger partial charge in [0.05, 0.1) is 29.5 Å². The Kier molecular flexibility index (Phi) is 9.34. The minimum atomic E-state index is -0.659. The van der Waals surface area contributed by atoms with Crippen LogP contribution in [0.25, 0.3) is 16.9 Å². The number of benzene rings is 2. The lowest BCUT2D eigenvalue weighted by Crippen LogP contribution is -2.45. The Hall–Kier alpha value is -4.72. The average molecular weight is 556 g/mol. The standard InChI is InChI=1S/C31H33N5O5/c1-19(2)41-28-11-10-23(14-24(28)15-32)31(40)34-25(16-33-29(39)18-37)13-21-6-8-22(9-7-21)27-17-36-12-4-5-26(20(3)38)30(36)35-27/h4-12,14,17,19-20,25,37-38H,13,16,18H2,1-3H3,(H,33,39)(H,34,40)/t20?,25-/m0/s1. The molecule has 0 saturated heterocycles. The molecule has 2 amide bonds. The third-order valence-electron chi connectivity index (χ3n) is 6.44. The van der Waals surface area contributed by atoms with Crippen LogP contribution in [-0.4, -0.2) is 56.7 Å². The fraction of sp³-hybridized carbons (Fsp3) is 0.290. The number of amides is 2. The van der Waals surface area contributed by atoms with Gasteiger partial charge >= 0.3 is 0 Å². The minimum absolute atomic E-state index is 0.0983. The first kappa shape index (κ1) is 29.3. The Morgan fingerprint density at radius 3 is 2.54 bits per heavy atom. The van der Waals surface area contributed by atoms with Crippen LogP contribution < -0.4 is 15.4 Å². The van der Waals surface area contributed by atoms with Crippen LogP contribution >= 0.6 is 0 Å². The molecular weight excluding hydrogens is 522 g/mol. The Balaban J connectivity index is 1.51. The van der Waals surface area contributed by atoms with Crippen molar-refractivity contribution in [2.24, 2.45) is 0 Å². The molecule has 0 aliphatic heterocycles. The number of aromatic nitrogens is 2. The van der Waals surface area contributed by atoms with Crippen LogP contribution in [0.2, 0.25) is 0 Å². The van der Waals surface area contributed by atoms with Gasteiger partial charge in [-0.3, -0.25) is 9.59 Å². The predicted molar refractivity (Wildman–Crippen MR) is 153 cm³/mol. The van der Waals surface area contributed by atoms with Gasteiger partial charge in [0, 0.05) is 35.6 Å². The summed E-state index contributed by atoms with van der Waals surface area (Å²) in [6.07, 6.45) is 3.41.